The number of anilines is 1. The molecule has 1 saturated carbocycles. The molecule has 0 bridgehead atoms. The predicted octanol–water partition coefficient (Wildman–Crippen LogP) is 8.70. The summed E-state index contributed by atoms with van der Waals surface area (Å²) in [5, 5.41) is 3.39. The van der Waals surface area contributed by atoms with Gasteiger partial charge in [0.05, 0.1) is 13.7 Å². The summed E-state index contributed by atoms with van der Waals surface area (Å²) in [6, 6.07) is 25.4. The molecule has 0 spiro atoms. The number of hydrogen-bond acceptors (Lipinski definition) is 2. The first-order valence-electron chi connectivity index (χ1n) is 13.8. The summed E-state index contributed by atoms with van der Waals surface area (Å²) >= 11 is 0. The maximum Gasteiger partial charge on any atom is 0.322 e. The number of amides is 2. The molecule has 2 amide bonds. The van der Waals surface area contributed by atoms with Gasteiger partial charge in [-0.05, 0) is 66.2 Å². The first-order valence-corrected chi connectivity index (χ1v) is 13.8. The van der Waals surface area contributed by atoms with E-state index in [4.69, 9.17) is 4.74 Å². The molecule has 4 nitrogen and oxygen atoms in total. The number of ether oxygens (including phenoxy) is 1. The van der Waals surface area contributed by atoms with E-state index in [1.165, 1.54) is 16.7 Å². The van der Waals surface area contributed by atoms with Crippen LogP contribution in [-0.2, 0) is 6.54 Å². The number of hydrogen-bond donors (Lipinski definition) is 1. The molecule has 1 N–H and O–H groups in total. The number of nitrogens with one attached hydrogen (secondary N) is 1. The monoisotopic (exact) mass is 498 g/mol. The third kappa shape index (κ3) is 6.36. The van der Waals surface area contributed by atoms with Crippen LogP contribution >= 0.6 is 0 Å². The van der Waals surface area contributed by atoms with Gasteiger partial charge in [-0.2, -0.15) is 0 Å². The van der Waals surface area contributed by atoms with Crippen LogP contribution in [-0.4, -0.2) is 24.1 Å². The minimum atomic E-state index is -0.0240. The second kappa shape index (κ2) is 12.3. The normalized spacial score (nSPS) is 17.6. The third-order valence-electron chi connectivity index (χ3n) is 7.81. The fraction of sp³-hybridized carbons (Fsp3) is 0.424. The SMILES string of the molecule is COc1ccccc1CN(C(=O)Nc1c(C(C)C)cccc1C(C)C)C1CCC(c2ccccc2)CC1. The van der Waals surface area contributed by atoms with Gasteiger partial charge in [0.25, 0.3) is 0 Å². The molecule has 1 fully saturated rings. The Morgan fingerprint density at radius 3 is 2.03 bits per heavy atom. The topological polar surface area (TPSA) is 41.6 Å². The standard InChI is InChI=1S/C33H42N2O2/c1-23(2)29-15-11-16-30(24(3)4)32(29)34-33(36)35(22-27-14-9-10-17-31(27)37-5)28-20-18-26(19-21-28)25-12-7-6-8-13-25/h6-17,23-24,26,28H,18-22H2,1-5H3,(H,34,36). The van der Waals surface area contributed by atoms with Gasteiger partial charge in [-0.15, -0.1) is 0 Å². The lowest BCUT2D eigenvalue weighted by Gasteiger charge is -2.38. The second-order valence-electron chi connectivity index (χ2n) is 10.9. The molecule has 3 aromatic carbocycles. The van der Waals surface area contributed by atoms with Gasteiger partial charge in [0.15, 0.2) is 0 Å². The average Bonchev–Trinajstić information content (AvgIpc) is 2.92. The van der Waals surface area contributed by atoms with Crippen LogP contribution in [0.3, 0.4) is 0 Å². The largest absolute Gasteiger partial charge is 0.496 e. The van der Waals surface area contributed by atoms with Gasteiger partial charge >= 0.3 is 6.03 Å². The molecule has 0 unspecified atom stereocenters. The summed E-state index contributed by atoms with van der Waals surface area (Å²) in [6.07, 6.45) is 4.16. The highest BCUT2D eigenvalue weighted by Crippen LogP contribution is 2.37. The minimum absolute atomic E-state index is 0.0240. The lowest BCUT2D eigenvalue weighted by molar-refractivity contribution is 0.157. The quantitative estimate of drug-likeness (QED) is 0.337. The summed E-state index contributed by atoms with van der Waals surface area (Å²) in [4.78, 5) is 16.1. The Morgan fingerprint density at radius 1 is 0.838 bits per heavy atom. The van der Waals surface area contributed by atoms with E-state index in [1.54, 1.807) is 7.11 Å². The van der Waals surface area contributed by atoms with Gasteiger partial charge in [-0.3, -0.25) is 0 Å². The highest BCUT2D eigenvalue weighted by Gasteiger charge is 2.31. The van der Waals surface area contributed by atoms with Crippen molar-refractivity contribution < 1.29 is 9.53 Å². The van der Waals surface area contributed by atoms with Crippen molar-refractivity contribution in [3.05, 3.63) is 95.1 Å². The molecule has 37 heavy (non-hydrogen) atoms. The molecule has 0 aromatic heterocycles. The first kappa shape index (κ1) is 26.8. The van der Waals surface area contributed by atoms with Crippen LogP contribution in [0.25, 0.3) is 0 Å². The Balaban J connectivity index is 1.62. The van der Waals surface area contributed by atoms with Crippen LogP contribution in [0.4, 0.5) is 10.5 Å². The molecule has 196 valence electrons. The number of carbonyl (C=O) groups is 1. The third-order valence-corrected chi connectivity index (χ3v) is 7.81. The van der Waals surface area contributed by atoms with Crippen molar-refractivity contribution in [2.45, 2.75) is 83.7 Å². The predicted molar refractivity (Wildman–Crippen MR) is 154 cm³/mol. The van der Waals surface area contributed by atoms with Gasteiger partial charge in [-0.1, -0.05) is 94.4 Å². The highest BCUT2D eigenvalue weighted by atomic mass is 16.5. The summed E-state index contributed by atoms with van der Waals surface area (Å²) in [7, 11) is 1.70. The fourth-order valence-corrected chi connectivity index (χ4v) is 5.70. The second-order valence-corrected chi connectivity index (χ2v) is 10.9. The Kier molecular flexibility index (Phi) is 8.91. The number of urea groups is 1. The zero-order valence-electron chi connectivity index (χ0n) is 23.0. The molecule has 0 radical (unpaired) electrons. The summed E-state index contributed by atoms with van der Waals surface area (Å²) in [5.74, 6) is 2.02. The number of methoxy groups -OCH3 is 1. The summed E-state index contributed by atoms with van der Waals surface area (Å²) in [5.41, 5.74) is 5.79. The highest BCUT2D eigenvalue weighted by molar-refractivity contribution is 5.91. The van der Waals surface area contributed by atoms with Gasteiger partial charge in [-0.25, -0.2) is 4.79 Å². The number of nitrogens with zero attached hydrogens (tertiary/aromatic N) is 1. The van der Waals surface area contributed by atoms with Gasteiger partial charge < -0.3 is 15.0 Å². The molecule has 0 atom stereocenters. The number of benzene rings is 3. The van der Waals surface area contributed by atoms with E-state index in [2.05, 4.69) is 92.5 Å². The van der Waals surface area contributed by atoms with E-state index in [1.807, 2.05) is 18.2 Å². The van der Waals surface area contributed by atoms with E-state index in [9.17, 15) is 4.79 Å². The van der Waals surface area contributed by atoms with Crippen molar-refractivity contribution in [3.63, 3.8) is 0 Å². The first-order chi connectivity index (χ1) is 17.9. The molecule has 3 aromatic rings. The van der Waals surface area contributed by atoms with Gasteiger partial charge in [0.2, 0.25) is 0 Å². The van der Waals surface area contributed by atoms with Crippen molar-refractivity contribution in [1.29, 1.82) is 0 Å². The number of para-hydroxylation sites is 2. The molecule has 0 saturated heterocycles. The van der Waals surface area contributed by atoms with Gasteiger partial charge in [0, 0.05) is 17.3 Å². The lowest BCUT2D eigenvalue weighted by Crippen LogP contribution is -2.44. The van der Waals surface area contributed by atoms with E-state index < -0.39 is 0 Å². The fourth-order valence-electron chi connectivity index (χ4n) is 5.70. The van der Waals surface area contributed by atoms with Crippen LogP contribution in [0.2, 0.25) is 0 Å². The molecule has 4 heteroatoms. The van der Waals surface area contributed by atoms with Crippen LogP contribution in [0, 0.1) is 0 Å². The molecular formula is C33H42N2O2. The maximum absolute atomic E-state index is 14.1. The van der Waals surface area contributed by atoms with Crippen LogP contribution in [0.5, 0.6) is 5.75 Å². The Morgan fingerprint density at radius 2 is 1.43 bits per heavy atom. The summed E-state index contributed by atoms with van der Waals surface area (Å²) in [6.45, 7) is 9.27. The molecule has 0 heterocycles. The molecule has 4 rings (SSSR count). The van der Waals surface area contributed by atoms with Crippen molar-refractivity contribution in [1.82, 2.24) is 4.90 Å². The molecule has 0 aliphatic heterocycles. The number of carbonyl (C=O) groups excluding carboxylic acids is 1. The summed E-state index contributed by atoms with van der Waals surface area (Å²) < 4.78 is 5.65. The van der Waals surface area contributed by atoms with Crippen molar-refractivity contribution >= 4 is 11.7 Å². The van der Waals surface area contributed by atoms with Crippen LogP contribution in [0.15, 0.2) is 72.8 Å². The van der Waals surface area contributed by atoms with Crippen molar-refractivity contribution in [3.8, 4) is 5.75 Å². The van der Waals surface area contributed by atoms with Crippen molar-refractivity contribution in [2.75, 3.05) is 12.4 Å². The number of rotatable bonds is 8. The Bertz CT molecular complexity index is 1140. The van der Waals surface area contributed by atoms with Crippen LogP contribution in [0.1, 0.15) is 93.4 Å². The van der Waals surface area contributed by atoms with Crippen LogP contribution < -0.4 is 10.1 Å². The maximum atomic E-state index is 14.1. The van der Waals surface area contributed by atoms with E-state index >= 15 is 0 Å². The zero-order chi connectivity index (χ0) is 26.4. The van der Waals surface area contributed by atoms with Crippen molar-refractivity contribution in [2.24, 2.45) is 0 Å². The molecular weight excluding hydrogens is 456 g/mol. The van der Waals surface area contributed by atoms with Gasteiger partial charge in [0.1, 0.15) is 5.75 Å². The van der Waals surface area contributed by atoms with E-state index in [0.29, 0.717) is 24.3 Å². The van der Waals surface area contributed by atoms with E-state index in [-0.39, 0.29) is 12.1 Å². The Hall–Kier alpha value is -3.27. The molecule has 1 aliphatic carbocycles. The smallest absolute Gasteiger partial charge is 0.322 e. The Labute approximate surface area is 223 Å². The molecule has 1 aliphatic rings. The van der Waals surface area contributed by atoms with E-state index in [0.717, 1.165) is 42.7 Å². The lowest BCUT2D eigenvalue weighted by atomic mass is 9.81. The minimum Gasteiger partial charge on any atom is -0.496 e. The average molecular weight is 499 g/mol. The zero-order valence-corrected chi connectivity index (χ0v) is 23.0.